The van der Waals surface area contributed by atoms with Crippen LogP contribution in [0, 0.1) is 40.7 Å². The summed E-state index contributed by atoms with van der Waals surface area (Å²) in [6.45, 7) is 11.0. The van der Waals surface area contributed by atoms with E-state index in [0.29, 0.717) is 14.7 Å². The molecule has 172 valence electrons. The van der Waals surface area contributed by atoms with Crippen LogP contribution in [0.1, 0.15) is 82.9 Å². The Morgan fingerprint density at radius 1 is 0.935 bits per heavy atom. The van der Waals surface area contributed by atoms with Crippen molar-refractivity contribution >= 4 is 36.8 Å². The molecule has 0 bridgehead atoms. The van der Waals surface area contributed by atoms with E-state index in [4.69, 9.17) is 0 Å². The topological polar surface area (TPSA) is 25.8 Å². The molecular formula is C26H35CoN2Se2-2. The molecule has 1 heterocycles. The Hall–Kier alpha value is -0.545. The molecule has 2 radical (unpaired) electrons. The van der Waals surface area contributed by atoms with Crippen LogP contribution in [0.25, 0.3) is 6.08 Å². The van der Waals surface area contributed by atoms with E-state index in [1.807, 2.05) is 6.08 Å². The van der Waals surface area contributed by atoms with Gasteiger partial charge < -0.3 is 0 Å². The molecule has 4 rings (SSSR count). The fourth-order valence-electron chi connectivity index (χ4n) is 3.52. The van der Waals surface area contributed by atoms with Gasteiger partial charge in [0.15, 0.2) is 0 Å². The van der Waals surface area contributed by atoms with Crippen molar-refractivity contribution < 1.29 is 16.8 Å². The predicted molar refractivity (Wildman–Crippen MR) is 131 cm³/mol. The number of allylic oxidation sites excluding steroid dienone is 5. The Balaban J connectivity index is 0.000000230. The zero-order valence-electron chi connectivity index (χ0n) is 19.5. The molecule has 0 aliphatic heterocycles. The maximum atomic E-state index is 4.10. The standard InChI is InChI=1S/C10H15.C8H10N2Se.C8H10Se.Co/c1-6-7(2)9(4)10(5)8(6)3;1-2-4-6-8-7(5-3-1)9-10-11-8;9-8-6-4-2-1-3-5-7-8;/h1-5H3;3,5H,1-2,4,6H2;2,4H,1,3,5,7H2;/q-1;;-1;/b;5-3-;4-2-;. The molecule has 31 heavy (non-hydrogen) atoms. The van der Waals surface area contributed by atoms with E-state index in [-0.39, 0.29) is 16.8 Å². The van der Waals surface area contributed by atoms with Crippen molar-refractivity contribution in [3.63, 3.8) is 0 Å². The summed E-state index contributed by atoms with van der Waals surface area (Å²) in [6, 6.07) is 0. The maximum absolute atomic E-state index is 4.10. The molecule has 0 spiro atoms. The molecule has 2 nitrogen and oxygen atoms in total. The van der Waals surface area contributed by atoms with Crippen LogP contribution in [-0.2, 0) is 23.2 Å². The SMILES string of the molecule is C1=C\c2nn[se]c2CCCC/1.Cc1c(C)c(C)[c-](C)c1C.[Co].[Se]C1=[C-]/C=C\CCCC1. The number of nitrogens with zero attached hydrogens (tertiary/aromatic N) is 2. The molecule has 2 aliphatic carbocycles. The van der Waals surface area contributed by atoms with Crippen LogP contribution in [0.5, 0.6) is 0 Å². The summed E-state index contributed by atoms with van der Waals surface area (Å²) in [4.78, 5) is 0. The second-order valence-corrected chi connectivity index (χ2v) is 10.9. The third-order valence-corrected chi connectivity index (χ3v) is 8.43. The Kier molecular flexibility index (Phi) is 14.1. The van der Waals surface area contributed by atoms with Gasteiger partial charge in [-0.25, -0.2) is 0 Å². The second-order valence-electron chi connectivity index (χ2n) is 8.07. The van der Waals surface area contributed by atoms with Gasteiger partial charge in [-0.1, -0.05) is 34.6 Å². The fourth-order valence-corrected chi connectivity index (χ4v) is 5.36. The molecule has 2 aromatic rings. The minimum atomic E-state index is 0. The summed E-state index contributed by atoms with van der Waals surface area (Å²) in [5.41, 5.74) is 8.50. The van der Waals surface area contributed by atoms with Crippen LogP contribution in [-0.4, -0.2) is 39.9 Å². The number of fused-ring (bicyclic) bond motifs is 1. The molecule has 2 aliphatic rings. The van der Waals surface area contributed by atoms with Gasteiger partial charge in [-0.2, -0.15) is 27.8 Å². The molecule has 5 heteroatoms. The third-order valence-electron chi connectivity index (χ3n) is 6.08. The van der Waals surface area contributed by atoms with Crippen LogP contribution in [0.3, 0.4) is 0 Å². The first-order valence-electron chi connectivity index (χ1n) is 11.0. The molecule has 0 fully saturated rings. The van der Waals surface area contributed by atoms with Gasteiger partial charge in [-0.15, -0.1) is 0 Å². The molecule has 0 amide bonds. The number of hydrogen-bond donors (Lipinski definition) is 0. The van der Waals surface area contributed by atoms with Crippen molar-refractivity contribution in [2.24, 2.45) is 0 Å². The first-order chi connectivity index (χ1) is 14.4. The van der Waals surface area contributed by atoms with E-state index in [0.717, 1.165) is 5.69 Å². The summed E-state index contributed by atoms with van der Waals surface area (Å²) in [6.07, 6.45) is 21.8. The van der Waals surface area contributed by atoms with Gasteiger partial charge in [-0.05, 0) is 0 Å². The van der Waals surface area contributed by atoms with Crippen molar-refractivity contribution in [3.05, 3.63) is 66.7 Å². The van der Waals surface area contributed by atoms with Crippen molar-refractivity contribution in [3.8, 4) is 0 Å². The molecule has 0 unspecified atom stereocenters. The van der Waals surface area contributed by atoms with E-state index in [2.05, 4.69) is 84.1 Å². The predicted octanol–water partition coefficient (Wildman–Crippen LogP) is 6.19. The van der Waals surface area contributed by atoms with Gasteiger partial charge in [-0.3, -0.25) is 0 Å². The van der Waals surface area contributed by atoms with Gasteiger partial charge in [0.25, 0.3) is 0 Å². The zero-order valence-corrected chi connectivity index (χ0v) is 24.0. The first-order valence-corrected chi connectivity index (χ1v) is 13.5. The molecule has 0 saturated heterocycles. The second kappa shape index (κ2) is 15.3. The molecular weight excluding hydrogens is 557 g/mol. The van der Waals surface area contributed by atoms with Crippen LogP contribution in [0.2, 0.25) is 0 Å². The monoisotopic (exact) mass is 594 g/mol. The van der Waals surface area contributed by atoms with Crippen molar-refractivity contribution in [1.29, 1.82) is 0 Å². The molecule has 0 N–H and O–H groups in total. The molecule has 1 aromatic heterocycles. The van der Waals surface area contributed by atoms with E-state index in [1.165, 1.54) is 88.1 Å². The van der Waals surface area contributed by atoms with E-state index < -0.39 is 0 Å². The summed E-state index contributed by atoms with van der Waals surface area (Å²) >= 11 is 3.33. The van der Waals surface area contributed by atoms with Crippen LogP contribution in [0.15, 0.2) is 22.7 Å². The Labute approximate surface area is 214 Å². The Morgan fingerprint density at radius 2 is 1.55 bits per heavy atom. The quantitative estimate of drug-likeness (QED) is 0.270. The van der Waals surface area contributed by atoms with Gasteiger partial charge in [0.2, 0.25) is 0 Å². The van der Waals surface area contributed by atoms with Gasteiger partial charge >= 0.3 is 136 Å². The Bertz CT molecular complexity index is 807. The Morgan fingerprint density at radius 3 is 2.16 bits per heavy atom. The van der Waals surface area contributed by atoms with Crippen molar-refractivity contribution in [2.75, 3.05) is 0 Å². The van der Waals surface area contributed by atoms with Crippen LogP contribution < -0.4 is 0 Å². The zero-order chi connectivity index (χ0) is 21.9. The van der Waals surface area contributed by atoms with Crippen LogP contribution >= 0.6 is 0 Å². The number of rotatable bonds is 0. The van der Waals surface area contributed by atoms with Crippen molar-refractivity contribution in [1.82, 2.24) is 9.19 Å². The average molecular weight is 592 g/mol. The number of aromatic nitrogens is 2. The minimum absolute atomic E-state index is 0. The normalized spacial score (nSPS) is 17.4. The van der Waals surface area contributed by atoms with Crippen molar-refractivity contribution in [2.45, 2.75) is 86.0 Å². The van der Waals surface area contributed by atoms with Gasteiger partial charge in [0.1, 0.15) is 0 Å². The summed E-state index contributed by atoms with van der Waals surface area (Å²) in [7, 11) is 0. The molecule has 1 aromatic carbocycles. The van der Waals surface area contributed by atoms with E-state index in [9.17, 15) is 0 Å². The van der Waals surface area contributed by atoms with E-state index >= 15 is 0 Å². The molecule has 0 atom stereocenters. The summed E-state index contributed by atoms with van der Waals surface area (Å²) in [5, 5.41) is 4.10. The van der Waals surface area contributed by atoms with E-state index in [1.54, 1.807) is 0 Å². The third kappa shape index (κ3) is 9.46. The number of hydrogen-bond acceptors (Lipinski definition) is 2. The first kappa shape index (κ1) is 28.5. The average Bonchev–Trinajstić information content (AvgIpc) is 3.20. The fraction of sp³-hybridized carbons (Fsp3) is 0.500. The van der Waals surface area contributed by atoms with Gasteiger partial charge in [0, 0.05) is 16.8 Å². The summed E-state index contributed by atoms with van der Waals surface area (Å²) in [5.74, 6) is 0. The van der Waals surface area contributed by atoms with Crippen LogP contribution in [0.4, 0.5) is 0 Å². The van der Waals surface area contributed by atoms with Gasteiger partial charge in [0.05, 0.1) is 0 Å². The molecule has 0 saturated carbocycles. The number of aryl methyl sites for hydroxylation is 1. The summed E-state index contributed by atoms with van der Waals surface area (Å²) < 4.78 is 6.84.